The largest absolute Gasteiger partial charge is 0.497 e. The summed E-state index contributed by atoms with van der Waals surface area (Å²) < 4.78 is 21.4. The van der Waals surface area contributed by atoms with Crippen molar-refractivity contribution in [1.82, 2.24) is 19.5 Å². The Hall–Kier alpha value is -3.74. The van der Waals surface area contributed by atoms with E-state index in [-0.39, 0.29) is 5.82 Å². The summed E-state index contributed by atoms with van der Waals surface area (Å²) in [5.74, 6) is 2.13. The van der Waals surface area contributed by atoms with Crippen molar-refractivity contribution in [2.45, 2.75) is 19.8 Å². The van der Waals surface area contributed by atoms with Crippen molar-refractivity contribution in [2.75, 3.05) is 12.4 Å². The zero-order valence-electron chi connectivity index (χ0n) is 17.6. The van der Waals surface area contributed by atoms with Crippen LogP contribution < -0.4 is 10.1 Å². The first-order chi connectivity index (χ1) is 15.0. The van der Waals surface area contributed by atoms with E-state index in [1.165, 1.54) is 12.4 Å². The second-order valence-corrected chi connectivity index (χ2v) is 7.68. The van der Waals surface area contributed by atoms with E-state index in [1.807, 2.05) is 49.0 Å². The monoisotopic (exact) mass is 415 g/mol. The third kappa shape index (κ3) is 3.42. The lowest BCUT2D eigenvalue weighted by Gasteiger charge is -2.21. The predicted molar refractivity (Wildman–Crippen MR) is 118 cm³/mol. The molecule has 1 aliphatic rings. The lowest BCUT2D eigenvalue weighted by Crippen LogP contribution is -2.10. The van der Waals surface area contributed by atoms with Crippen LogP contribution >= 0.6 is 0 Å². The second-order valence-electron chi connectivity index (χ2n) is 7.68. The molecule has 4 aromatic rings. The zero-order valence-corrected chi connectivity index (χ0v) is 17.6. The van der Waals surface area contributed by atoms with Crippen molar-refractivity contribution in [3.63, 3.8) is 0 Å². The average Bonchev–Trinajstić information content (AvgIpc) is 3.12. The first kappa shape index (κ1) is 19.2. The number of aromatic nitrogens is 4. The molecule has 0 bridgehead atoms. The van der Waals surface area contributed by atoms with Gasteiger partial charge in [-0.2, -0.15) is 0 Å². The van der Waals surface area contributed by atoms with Gasteiger partial charge in [0.15, 0.2) is 0 Å². The van der Waals surface area contributed by atoms with Crippen molar-refractivity contribution in [3.05, 3.63) is 71.7 Å². The second kappa shape index (κ2) is 7.50. The smallest absolute Gasteiger partial charge is 0.137 e. The van der Waals surface area contributed by atoms with Crippen LogP contribution in [-0.4, -0.2) is 26.6 Å². The van der Waals surface area contributed by atoms with Crippen LogP contribution in [0.2, 0.25) is 0 Å². The number of methoxy groups -OCH3 is 1. The Morgan fingerprint density at radius 1 is 1.06 bits per heavy atom. The Kier molecular flexibility index (Phi) is 4.66. The van der Waals surface area contributed by atoms with Crippen LogP contribution in [0.5, 0.6) is 5.75 Å². The van der Waals surface area contributed by atoms with E-state index in [4.69, 9.17) is 4.74 Å². The number of fused-ring (bicyclic) bond motifs is 3. The predicted octanol–water partition coefficient (Wildman–Crippen LogP) is 4.84. The summed E-state index contributed by atoms with van der Waals surface area (Å²) in [6.45, 7) is 1.97. The van der Waals surface area contributed by atoms with Crippen LogP contribution in [0.15, 0.2) is 48.9 Å². The maximum atomic E-state index is 13.9. The minimum atomic E-state index is -0.261. The molecule has 31 heavy (non-hydrogen) atoms. The number of hydrogen-bond acceptors (Lipinski definition) is 5. The van der Waals surface area contributed by atoms with E-state index in [0.717, 1.165) is 69.6 Å². The van der Waals surface area contributed by atoms with E-state index in [9.17, 15) is 4.39 Å². The van der Waals surface area contributed by atoms with Gasteiger partial charge in [0.05, 0.1) is 24.7 Å². The highest BCUT2D eigenvalue weighted by molar-refractivity contribution is 5.77. The van der Waals surface area contributed by atoms with Gasteiger partial charge in [0.1, 0.15) is 29.5 Å². The molecule has 0 spiro atoms. The molecule has 0 saturated carbocycles. The highest BCUT2D eigenvalue weighted by atomic mass is 19.1. The maximum Gasteiger partial charge on any atom is 0.137 e. The fraction of sp³-hybridized carbons (Fsp3) is 0.208. The minimum absolute atomic E-state index is 0.261. The van der Waals surface area contributed by atoms with Gasteiger partial charge in [-0.15, -0.1) is 0 Å². The molecule has 0 atom stereocenters. The normalized spacial score (nSPS) is 12.3. The molecule has 0 saturated heterocycles. The summed E-state index contributed by atoms with van der Waals surface area (Å²) in [4.78, 5) is 13.3. The minimum Gasteiger partial charge on any atom is -0.497 e. The standard InChI is InChI=1S/C24H22FN5O/c1-14-26-12-22(30(14)2)16-8-18(11-19(9-16)31-3)29-24-20-7-5-15-4-6-17(25)10-21(15)23(20)27-13-28-24/h4,6,8-13H,5,7H2,1-3H3,(H,27,28,29). The summed E-state index contributed by atoms with van der Waals surface area (Å²) in [5, 5.41) is 3.43. The number of imidazole rings is 1. The van der Waals surface area contributed by atoms with Crippen molar-refractivity contribution in [1.29, 1.82) is 0 Å². The summed E-state index contributed by atoms with van der Waals surface area (Å²) in [6, 6.07) is 10.9. The fourth-order valence-corrected chi connectivity index (χ4v) is 4.08. The first-order valence-electron chi connectivity index (χ1n) is 10.1. The Bertz CT molecular complexity index is 1300. The third-order valence-electron chi connectivity index (χ3n) is 5.84. The fourth-order valence-electron chi connectivity index (χ4n) is 4.08. The number of nitrogens with zero attached hydrogens (tertiary/aromatic N) is 4. The third-order valence-corrected chi connectivity index (χ3v) is 5.84. The van der Waals surface area contributed by atoms with E-state index in [0.29, 0.717) is 0 Å². The van der Waals surface area contributed by atoms with E-state index in [2.05, 4.69) is 20.3 Å². The Morgan fingerprint density at radius 3 is 2.71 bits per heavy atom. The van der Waals surface area contributed by atoms with Crippen molar-refractivity contribution >= 4 is 11.5 Å². The van der Waals surface area contributed by atoms with Crippen LogP contribution in [0.4, 0.5) is 15.9 Å². The maximum absolute atomic E-state index is 13.9. The molecule has 2 aromatic heterocycles. The highest BCUT2D eigenvalue weighted by Gasteiger charge is 2.22. The van der Waals surface area contributed by atoms with Gasteiger partial charge in [-0.05, 0) is 49.6 Å². The van der Waals surface area contributed by atoms with Crippen LogP contribution in [0.1, 0.15) is 17.0 Å². The summed E-state index contributed by atoms with van der Waals surface area (Å²) in [5.41, 5.74) is 6.54. The van der Waals surface area contributed by atoms with Gasteiger partial charge in [0, 0.05) is 35.5 Å². The van der Waals surface area contributed by atoms with Gasteiger partial charge >= 0.3 is 0 Å². The lowest BCUT2D eigenvalue weighted by molar-refractivity contribution is 0.415. The highest BCUT2D eigenvalue weighted by Crippen LogP contribution is 2.37. The Morgan fingerprint density at radius 2 is 1.94 bits per heavy atom. The van der Waals surface area contributed by atoms with Gasteiger partial charge in [-0.3, -0.25) is 0 Å². The number of benzene rings is 2. The van der Waals surface area contributed by atoms with Crippen LogP contribution in [0, 0.1) is 12.7 Å². The molecule has 1 aliphatic carbocycles. The number of rotatable bonds is 4. The topological polar surface area (TPSA) is 64.9 Å². The zero-order chi connectivity index (χ0) is 21.5. The molecule has 0 amide bonds. The number of aryl methyl sites for hydroxylation is 2. The summed E-state index contributed by atoms with van der Waals surface area (Å²) in [7, 11) is 3.64. The van der Waals surface area contributed by atoms with Gasteiger partial charge in [-0.25, -0.2) is 19.3 Å². The molecule has 156 valence electrons. The van der Waals surface area contributed by atoms with Crippen LogP contribution in [0.25, 0.3) is 22.5 Å². The number of halogens is 1. The molecule has 7 heteroatoms. The molecule has 6 nitrogen and oxygen atoms in total. The number of hydrogen-bond donors (Lipinski definition) is 1. The molecular weight excluding hydrogens is 393 g/mol. The van der Waals surface area contributed by atoms with Crippen LogP contribution in [0.3, 0.4) is 0 Å². The molecule has 2 aromatic carbocycles. The molecule has 0 radical (unpaired) electrons. The van der Waals surface area contributed by atoms with E-state index >= 15 is 0 Å². The quantitative estimate of drug-likeness (QED) is 0.517. The Labute approximate surface area is 179 Å². The molecule has 1 N–H and O–H groups in total. The van der Waals surface area contributed by atoms with Crippen molar-refractivity contribution in [3.8, 4) is 28.3 Å². The van der Waals surface area contributed by atoms with E-state index < -0.39 is 0 Å². The van der Waals surface area contributed by atoms with Crippen LogP contribution in [-0.2, 0) is 19.9 Å². The van der Waals surface area contributed by atoms with Gasteiger partial charge in [0.25, 0.3) is 0 Å². The van der Waals surface area contributed by atoms with Gasteiger partial charge in [0.2, 0.25) is 0 Å². The SMILES string of the molecule is COc1cc(Nc2ncnc3c2CCc2ccc(F)cc2-3)cc(-c2cnc(C)n2C)c1. The average molecular weight is 415 g/mol. The molecule has 2 heterocycles. The van der Waals surface area contributed by atoms with Crippen molar-refractivity contribution < 1.29 is 9.13 Å². The lowest BCUT2D eigenvalue weighted by atomic mass is 9.89. The van der Waals surface area contributed by atoms with Crippen molar-refractivity contribution in [2.24, 2.45) is 7.05 Å². The molecule has 5 rings (SSSR count). The summed E-state index contributed by atoms with van der Waals surface area (Å²) in [6.07, 6.45) is 4.98. The summed E-state index contributed by atoms with van der Waals surface area (Å²) >= 11 is 0. The Balaban J connectivity index is 1.56. The molecular formula is C24H22FN5O. The molecule has 0 aliphatic heterocycles. The number of nitrogens with one attached hydrogen (secondary N) is 1. The first-order valence-corrected chi connectivity index (χ1v) is 10.1. The molecule has 0 fully saturated rings. The van der Waals surface area contributed by atoms with Gasteiger partial charge in [-0.1, -0.05) is 6.07 Å². The van der Waals surface area contributed by atoms with E-state index in [1.54, 1.807) is 13.2 Å². The number of ether oxygens (including phenoxy) is 1. The molecule has 0 unspecified atom stereocenters. The number of anilines is 2. The van der Waals surface area contributed by atoms with Gasteiger partial charge < -0.3 is 14.6 Å².